The minimum Gasteiger partial charge on any atom is -0.508 e. The predicted octanol–water partition coefficient (Wildman–Crippen LogP) is 2.47. The zero-order valence-electron chi connectivity index (χ0n) is 9.00. The molecule has 1 saturated heterocycles. The normalized spacial score (nSPS) is 22.2. The van der Waals surface area contributed by atoms with E-state index in [4.69, 9.17) is 0 Å². The monoisotopic (exact) mass is 227 g/mol. The number of benzene rings is 1. The highest BCUT2D eigenvalue weighted by Crippen LogP contribution is 2.19. The van der Waals surface area contributed by atoms with E-state index >= 15 is 0 Å². The van der Waals surface area contributed by atoms with Gasteiger partial charge in [-0.3, -0.25) is 4.90 Å². The quantitative estimate of drug-likeness (QED) is 0.839. The lowest BCUT2D eigenvalue weighted by atomic mass is 10.1. The fourth-order valence-electron chi connectivity index (χ4n) is 2.13. The molecule has 1 unspecified atom stereocenters. The van der Waals surface area contributed by atoms with Gasteiger partial charge in [0.1, 0.15) is 17.7 Å². The van der Waals surface area contributed by atoms with Gasteiger partial charge in [0.05, 0.1) is 0 Å². The van der Waals surface area contributed by atoms with Gasteiger partial charge in [-0.15, -0.1) is 0 Å². The molecule has 1 aromatic carbocycles. The Labute approximate surface area is 93.5 Å². The average Bonchev–Trinajstić information content (AvgIpc) is 2.15. The third-order valence-electron chi connectivity index (χ3n) is 2.80. The number of alkyl halides is 1. The lowest BCUT2D eigenvalue weighted by Crippen LogP contribution is -2.35. The van der Waals surface area contributed by atoms with E-state index in [0.717, 1.165) is 19.0 Å². The zero-order chi connectivity index (χ0) is 11.5. The van der Waals surface area contributed by atoms with Crippen LogP contribution < -0.4 is 0 Å². The maximum absolute atomic E-state index is 13.1. The summed E-state index contributed by atoms with van der Waals surface area (Å²) in [7, 11) is 0. The van der Waals surface area contributed by atoms with Gasteiger partial charge in [-0.05, 0) is 37.1 Å². The molecule has 4 heteroatoms. The van der Waals surface area contributed by atoms with E-state index in [1.807, 2.05) is 4.90 Å². The molecule has 0 spiro atoms. The van der Waals surface area contributed by atoms with Crippen molar-refractivity contribution in [3.05, 3.63) is 29.6 Å². The van der Waals surface area contributed by atoms with E-state index in [-0.39, 0.29) is 5.75 Å². The Hall–Kier alpha value is -1.16. The lowest BCUT2D eigenvalue weighted by molar-refractivity contribution is 0.133. The molecule has 1 N–H and O–H groups in total. The standard InChI is InChI=1S/C12H15F2NO/c13-10-2-1-3-15(8-10)7-9-4-11(14)6-12(16)5-9/h4-6,10,16H,1-3,7-8H2. The van der Waals surface area contributed by atoms with E-state index in [1.54, 1.807) is 0 Å². The molecule has 2 nitrogen and oxygen atoms in total. The van der Waals surface area contributed by atoms with Gasteiger partial charge in [-0.25, -0.2) is 8.78 Å². The summed E-state index contributed by atoms with van der Waals surface area (Å²) in [4.78, 5) is 1.95. The highest BCUT2D eigenvalue weighted by Gasteiger charge is 2.19. The van der Waals surface area contributed by atoms with Gasteiger partial charge in [0.2, 0.25) is 0 Å². The number of likely N-dealkylation sites (tertiary alicyclic amines) is 1. The molecule has 16 heavy (non-hydrogen) atoms. The number of phenols is 1. The second-order valence-electron chi connectivity index (χ2n) is 4.29. The van der Waals surface area contributed by atoms with Crippen LogP contribution in [0.3, 0.4) is 0 Å². The summed E-state index contributed by atoms with van der Waals surface area (Å²) in [5, 5.41) is 9.24. The van der Waals surface area contributed by atoms with Crippen molar-refractivity contribution in [1.82, 2.24) is 4.90 Å². The fraction of sp³-hybridized carbons (Fsp3) is 0.500. The molecule has 1 atom stereocenters. The minimum absolute atomic E-state index is 0.0798. The Kier molecular flexibility index (Phi) is 3.39. The van der Waals surface area contributed by atoms with Crippen molar-refractivity contribution in [2.24, 2.45) is 0 Å². The third kappa shape index (κ3) is 2.92. The SMILES string of the molecule is Oc1cc(F)cc(CN2CCCC(F)C2)c1. The number of piperidine rings is 1. The summed E-state index contributed by atoms with van der Waals surface area (Å²) >= 11 is 0. The Morgan fingerprint density at radius 1 is 1.38 bits per heavy atom. The Balaban J connectivity index is 2.02. The zero-order valence-corrected chi connectivity index (χ0v) is 9.00. The summed E-state index contributed by atoms with van der Waals surface area (Å²) in [6, 6.07) is 3.96. The lowest BCUT2D eigenvalue weighted by Gasteiger charge is -2.28. The van der Waals surface area contributed by atoms with Gasteiger partial charge in [-0.2, -0.15) is 0 Å². The van der Waals surface area contributed by atoms with Crippen LogP contribution in [-0.2, 0) is 6.54 Å². The van der Waals surface area contributed by atoms with Crippen LogP contribution in [-0.4, -0.2) is 29.3 Å². The number of aromatic hydroxyl groups is 1. The summed E-state index contributed by atoms with van der Waals surface area (Å²) in [5.74, 6) is -0.535. The molecule has 88 valence electrons. The Morgan fingerprint density at radius 3 is 2.88 bits per heavy atom. The Bertz CT molecular complexity index is 350. The summed E-state index contributed by atoms with van der Waals surface area (Å²) in [5.41, 5.74) is 0.687. The van der Waals surface area contributed by atoms with Crippen LogP contribution in [0.4, 0.5) is 8.78 Å². The molecule has 1 aliphatic rings. The first-order chi connectivity index (χ1) is 7.63. The molecule has 2 rings (SSSR count). The molecule has 1 aromatic rings. The molecular formula is C12H15F2NO. The number of hydrogen-bond acceptors (Lipinski definition) is 2. The van der Waals surface area contributed by atoms with Gasteiger partial charge in [0.25, 0.3) is 0 Å². The highest BCUT2D eigenvalue weighted by atomic mass is 19.1. The second-order valence-corrected chi connectivity index (χ2v) is 4.29. The minimum atomic E-state index is -0.782. The van der Waals surface area contributed by atoms with Gasteiger partial charge in [0.15, 0.2) is 0 Å². The van der Waals surface area contributed by atoms with Crippen molar-refractivity contribution in [3.8, 4) is 5.75 Å². The number of rotatable bonds is 2. The fourth-order valence-corrected chi connectivity index (χ4v) is 2.13. The summed E-state index contributed by atoms with van der Waals surface area (Å²) in [6.07, 6.45) is 0.670. The van der Waals surface area contributed by atoms with Gasteiger partial charge < -0.3 is 5.11 Å². The van der Waals surface area contributed by atoms with Crippen LogP contribution in [0.25, 0.3) is 0 Å². The molecule has 0 amide bonds. The molecule has 0 aliphatic carbocycles. The van der Waals surface area contributed by atoms with Gasteiger partial charge >= 0.3 is 0 Å². The first-order valence-corrected chi connectivity index (χ1v) is 5.48. The van der Waals surface area contributed by atoms with Crippen LogP contribution in [0.15, 0.2) is 18.2 Å². The van der Waals surface area contributed by atoms with Crippen molar-refractivity contribution < 1.29 is 13.9 Å². The van der Waals surface area contributed by atoms with Gasteiger partial charge in [-0.1, -0.05) is 0 Å². The molecule has 1 heterocycles. The number of nitrogens with zero attached hydrogens (tertiary/aromatic N) is 1. The van der Waals surface area contributed by atoms with Crippen LogP contribution >= 0.6 is 0 Å². The summed E-state index contributed by atoms with van der Waals surface area (Å²) < 4.78 is 26.1. The molecule has 0 saturated carbocycles. The van der Waals surface area contributed by atoms with Crippen molar-refractivity contribution in [1.29, 1.82) is 0 Å². The highest BCUT2D eigenvalue weighted by molar-refractivity contribution is 5.28. The third-order valence-corrected chi connectivity index (χ3v) is 2.80. The van der Waals surface area contributed by atoms with Crippen molar-refractivity contribution in [3.63, 3.8) is 0 Å². The van der Waals surface area contributed by atoms with Crippen molar-refractivity contribution >= 4 is 0 Å². The molecular weight excluding hydrogens is 212 g/mol. The van der Waals surface area contributed by atoms with E-state index in [2.05, 4.69) is 0 Å². The molecule has 1 aliphatic heterocycles. The number of halogens is 2. The first kappa shape index (κ1) is 11.3. The van der Waals surface area contributed by atoms with Gasteiger partial charge in [0, 0.05) is 19.2 Å². The average molecular weight is 227 g/mol. The van der Waals surface area contributed by atoms with E-state index in [9.17, 15) is 13.9 Å². The van der Waals surface area contributed by atoms with Crippen LogP contribution in [0.1, 0.15) is 18.4 Å². The van der Waals surface area contributed by atoms with Crippen LogP contribution in [0, 0.1) is 5.82 Å². The Morgan fingerprint density at radius 2 is 2.19 bits per heavy atom. The molecule has 0 bridgehead atoms. The maximum atomic E-state index is 13.1. The van der Waals surface area contributed by atoms with E-state index < -0.39 is 12.0 Å². The molecule has 1 fully saturated rings. The van der Waals surface area contributed by atoms with Crippen molar-refractivity contribution in [2.45, 2.75) is 25.6 Å². The smallest absolute Gasteiger partial charge is 0.127 e. The van der Waals surface area contributed by atoms with Crippen LogP contribution in [0.5, 0.6) is 5.75 Å². The van der Waals surface area contributed by atoms with Crippen LogP contribution in [0.2, 0.25) is 0 Å². The second kappa shape index (κ2) is 4.78. The summed E-state index contributed by atoms with van der Waals surface area (Å²) in [6.45, 7) is 1.72. The van der Waals surface area contributed by atoms with E-state index in [0.29, 0.717) is 25.1 Å². The first-order valence-electron chi connectivity index (χ1n) is 5.48. The number of phenolic OH excluding ortho intramolecular Hbond substituents is 1. The molecule has 0 aromatic heterocycles. The molecule has 0 radical (unpaired) electrons. The maximum Gasteiger partial charge on any atom is 0.127 e. The van der Waals surface area contributed by atoms with Crippen molar-refractivity contribution in [2.75, 3.05) is 13.1 Å². The van der Waals surface area contributed by atoms with E-state index in [1.165, 1.54) is 12.1 Å². The topological polar surface area (TPSA) is 23.5 Å². The predicted molar refractivity (Wildman–Crippen MR) is 57.5 cm³/mol. The number of hydrogen-bond donors (Lipinski definition) is 1. The largest absolute Gasteiger partial charge is 0.508 e.